The molecule has 0 saturated carbocycles. The Morgan fingerprint density at radius 3 is 2.38 bits per heavy atom. The quantitative estimate of drug-likeness (QED) is 0.665. The summed E-state index contributed by atoms with van der Waals surface area (Å²) in [4.78, 5) is 16.5. The lowest BCUT2D eigenvalue weighted by molar-refractivity contribution is -0.133. The van der Waals surface area contributed by atoms with Gasteiger partial charge in [0.25, 0.3) is 5.91 Å². The van der Waals surface area contributed by atoms with Gasteiger partial charge in [-0.25, -0.2) is 0 Å². The molecule has 1 aliphatic heterocycles. The van der Waals surface area contributed by atoms with Gasteiger partial charge in [0.2, 0.25) is 0 Å². The van der Waals surface area contributed by atoms with Gasteiger partial charge in [-0.15, -0.1) is 10.2 Å². The predicted molar refractivity (Wildman–Crippen MR) is 110 cm³/mol. The van der Waals surface area contributed by atoms with Crippen molar-refractivity contribution in [2.45, 2.75) is 13.8 Å². The van der Waals surface area contributed by atoms with E-state index in [1.807, 2.05) is 61.2 Å². The van der Waals surface area contributed by atoms with Crippen LogP contribution in [0, 0.1) is 13.8 Å². The topological polar surface area (TPSA) is 71.7 Å². The summed E-state index contributed by atoms with van der Waals surface area (Å²) >= 11 is 0. The van der Waals surface area contributed by atoms with Crippen LogP contribution in [0.2, 0.25) is 0 Å². The molecular weight excluding hydrogens is 368 g/mol. The van der Waals surface area contributed by atoms with Crippen molar-refractivity contribution in [1.82, 2.24) is 15.1 Å². The molecule has 0 atom stereocenters. The molecule has 3 heterocycles. The van der Waals surface area contributed by atoms with Crippen LogP contribution in [0.15, 0.2) is 53.1 Å². The lowest BCUT2D eigenvalue weighted by Crippen LogP contribution is -2.50. The summed E-state index contributed by atoms with van der Waals surface area (Å²) < 4.78 is 11.1. The third kappa shape index (κ3) is 4.23. The van der Waals surface area contributed by atoms with Gasteiger partial charge in [-0.3, -0.25) is 4.79 Å². The van der Waals surface area contributed by atoms with Crippen molar-refractivity contribution in [2.24, 2.45) is 0 Å². The van der Waals surface area contributed by atoms with Crippen molar-refractivity contribution in [3.05, 3.63) is 59.9 Å². The summed E-state index contributed by atoms with van der Waals surface area (Å²) in [5.41, 5.74) is 2.79. The Labute approximate surface area is 169 Å². The second kappa shape index (κ2) is 8.34. The standard InChI is InChI=1S/C22H24N4O3/c1-16-5-3-6-17(2)22(16)29-15-21(27)26-12-10-25(11-13-26)20-9-8-18(23-24-20)19-7-4-14-28-19/h3-9,14H,10-13,15H2,1-2H3. The zero-order valence-electron chi connectivity index (χ0n) is 16.7. The Morgan fingerprint density at radius 2 is 1.76 bits per heavy atom. The van der Waals surface area contributed by atoms with E-state index >= 15 is 0 Å². The molecule has 29 heavy (non-hydrogen) atoms. The maximum absolute atomic E-state index is 12.6. The molecule has 1 fully saturated rings. The normalized spacial score (nSPS) is 14.1. The van der Waals surface area contributed by atoms with Crippen LogP contribution < -0.4 is 9.64 Å². The number of hydrogen-bond acceptors (Lipinski definition) is 6. The number of carbonyl (C=O) groups excluding carboxylic acids is 1. The van der Waals surface area contributed by atoms with Crippen molar-refractivity contribution >= 4 is 11.7 Å². The Bertz CT molecular complexity index is 942. The summed E-state index contributed by atoms with van der Waals surface area (Å²) in [6.07, 6.45) is 1.62. The minimum atomic E-state index is 0.00607. The molecule has 1 aromatic carbocycles. The lowest BCUT2D eigenvalue weighted by Gasteiger charge is -2.35. The highest BCUT2D eigenvalue weighted by Gasteiger charge is 2.23. The average Bonchev–Trinajstić information content (AvgIpc) is 3.28. The average molecular weight is 392 g/mol. The minimum Gasteiger partial charge on any atom is -0.483 e. The van der Waals surface area contributed by atoms with E-state index < -0.39 is 0 Å². The van der Waals surface area contributed by atoms with Gasteiger partial charge in [0, 0.05) is 26.2 Å². The first kappa shape index (κ1) is 19.0. The highest BCUT2D eigenvalue weighted by molar-refractivity contribution is 5.78. The van der Waals surface area contributed by atoms with Crippen molar-refractivity contribution in [1.29, 1.82) is 0 Å². The molecule has 150 valence electrons. The zero-order valence-corrected chi connectivity index (χ0v) is 16.7. The van der Waals surface area contributed by atoms with Crippen LogP contribution in [-0.2, 0) is 4.79 Å². The summed E-state index contributed by atoms with van der Waals surface area (Å²) in [5.74, 6) is 2.31. The van der Waals surface area contributed by atoms with Crippen LogP contribution in [0.25, 0.3) is 11.5 Å². The van der Waals surface area contributed by atoms with Gasteiger partial charge in [0.05, 0.1) is 6.26 Å². The molecule has 1 aliphatic rings. The van der Waals surface area contributed by atoms with E-state index in [0.29, 0.717) is 37.6 Å². The van der Waals surface area contributed by atoms with E-state index in [0.717, 1.165) is 22.7 Å². The van der Waals surface area contributed by atoms with Gasteiger partial charge < -0.3 is 19.0 Å². The maximum atomic E-state index is 12.6. The number of rotatable bonds is 5. The van der Waals surface area contributed by atoms with Crippen molar-refractivity contribution in [2.75, 3.05) is 37.7 Å². The molecule has 2 aromatic heterocycles. The van der Waals surface area contributed by atoms with Crippen LogP contribution in [-0.4, -0.2) is 53.8 Å². The SMILES string of the molecule is Cc1cccc(C)c1OCC(=O)N1CCN(c2ccc(-c3ccco3)nn2)CC1. The van der Waals surface area contributed by atoms with Gasteiger partial charge in [0.1, 0.15) is 11.4 Å². The number of amides is 1. The third-order valence-corrected chi connectivity index (χ3v) is 5.13. The fourth-order valence-electron chi connectivity index (χ4n) is 3.49. The van der Waals surface area contributed by atoms with Gasteiger partial charge in [-0.2, -0.15) is 0 Å². The predicted octanol–water partition coefficient (Wildman–Crippen LogP) is 3.08. The molecule has 0 unspecified atom stereocenters. The number of aromatic nitrogens is 2. The van der Waals surface area contributed by atoms with Crippen molar-refractivity contribution < 1.29 is 13.9 Å². The fourth-order valence-corrected chi connectivity index (χ4v) is 3.49. The Hall–Kier alpha value is -3.35. The number of piperazine rings is 1. The number of nitrogens with zero attached hydrogens (tertiary/aromatic N) is 4. The molecular formula is C22H24N4O3. The number of benzene rings is 1. The van der Waals surface area contributed by atoms with Gasteiger partial charge in [-0.05, 0) is 49.2 Å². The summed E-state index contributed by atoms with van der Waals surface area (Å²) in [7, 11) is 0. The molecule has 7 nitrogen and oxygen atoms in total. The molecule has 3 aromatic rings. The van der Waals surface area contributed by atoms with Crippen LogP contribution in [0.1, 0.15) is 11.1 Å². The Kier molecular flexibility index (Phi) is 5.46. The number of ether oxygens (including phenoxy) is 1. The van der Waals surface area contributed by atoms with E-state index in [-0.39, 0.29) is 12.5 Å². The molecule has 0 radical (unpaired) electrons. The first-order valence-electron chi connectivity index (χ1n) is 9.71. The number of carbonyl (C=O) groups is 1. The molecule has 1 saturated heterocycles. The first-order chi connectivity index (χ1) is 14.1. The van der Waals surface area contributed by atoms with E-state index in [1.54, 1.807) is 6.26 Å². The van der Waals surface area contributed by atoms with Gasteiger partial charge in [-0.1, -0.05) is 18.2 Å². The molecule has 0 spiro atoms. The smallest absolute Gasteiger partial charge is 0.260 e. The van der Waals surface area contributed by atoms with Gasteiger partial charge >= 0.3 is 0 Å². The number of hydrogen-bond donors (Lipinski definition) is 0. The maximum Gasteiger partial charge on any atom is 0.260 e. The van der Waals surface area contributed by atoms with E-state index in [4.69, 9.17) is 9.15 Å². The Morgan fingerprint density at radius 1 is 1.00 bits per heavy atom. The van der Waals surface area contributed by atoms with E-state index in [2.05, 4.69) is 15.1 Å². The summed E-state index contributed by atoms with van der Waals surface area (Å²) in [5, 5.41) is 8.56. The van der Waals surface area contributed by atoms with Crippen LogP contribution >= 0.6 is 0 Å². The van der Waals surface area contributed by atoms with E-state index in [9.17, 15) is 4.79 Å². The second-order valence-electron chi connectivity index (χ2n) is 7.13. The van der Waals surface area contributed by atoms with Gasteiger partial charge in [0.15, 0.2) is 18.2 Å². The fraction of sp³-hybridized carbons (Fsp3) is 0.318. The zero-order chi connectivity index (χ0) is 20.2. The van der Waals surface area contributed by atoms with Crippen LogP contribution in [0.4, 0.5) is 5.82 Å². The molecule has 0 N–H and O–H groups in total. The van der Waals surface area contributed by atoms with Crippen molar-refractivity contribution in [3.63, 3.8) is 0 Å². The third-order valence-electron chi connectivity index (χ3n) is 5.13. The summed E-state index contributed by atoms with van der Waals surface area (Å²) in [6, 6.07) is 13.5. The highest BCUT2D eigenvalue weighted by Crippen LogP contribution is 2.23. The first-order valence-corrected chi connectivity index (χ1v) is 9.71. The van der Waals surface area contributed by atoms with Crippen LogP contribution in [0.3, 0.4) is 0 Å². The van der Waals surface area contributed by atoms with E-state index in [1.165, 1.54) is 0 Å². The molecule has 4 rings (SSSR count). The highest BCUT2D eigenvalue weighted by atomic mass is 16.5. The molecule has 0 aliphatic carbocycles. The number of furan rings is 1. The minimum absolute atomic E-state index is 0.00607. The number of para-hydroxylation sites is 1. The monoisotopic (exact) mass is 392 g/mol. The van der Waals surface area contributed by atoms with Crippen molar-refractivity contribution in [3.8, 4) is 17.2 Å². The number of aryl methyl sites for hydroxylation is 2. The largest absolute Gasteiger partial charge is 0.483 e. The molecule has 7 heteroatoms. The van der Waals surface area contributed by atoms with Crippen LogP contribution in [0.5, 0.6) is 5.75 Å². The molecule has 0 bridgehead atoms. The number of anilines is 1. The Balaban J connectivity index is 1.30. The second-order valence-corrected chi connectivity index (χ2v) is 7.13. The summed E-state index contributed by atoms with van der Waals surface area (Å²) in [6.45, 7) is 6.73. The molecule has 1 amide bonds. The lowest BCUT2D eigenvalue weighted by atomic mass is 10.1.